The van der Waals surface area contributed by atoms with Gasteiger partial charge in [-0.2, -0.15) is 0 Å². The molecule has 0 aliphatic rings. The fraction of sp³-hybridized carbons (Fsp3) is 0.875. The molecule has 0 bridgehead atoms. The lowest BCUT2D eigenvalue weighted by Crippen LogP contribution is -2.07. The molecule has 0 aromatic heterocycles. The normalized spacial score (nSPS) is 12.7. The minimum atomic E-state index is 0.428. The van der Waals surface area contributed by atoms with E-state index in [4.69, 9.17) is 10.1 Å². The minimum absolute atomic E-state index is 0.428. The second-order valence-electron chi connectivity index (χ2n) is 2.57. The highest BCUT2D eigenvalue weighted by atomic mass is 16.5. The Hall–Kier alpha value is -0.530. The first kappa shape index (κ1) is 9.47. The highest BCUT2D eigenvalue weighted by Crippen LogP contribution is 2.06. The van der Waals surface area contributed by atoms with Gasteiger partial charge in [0.25, 0.3) is 0 Å². The van der Waals surface area contributed by atoms with Crippen LogP contribution >= 0.6 is 0 Å². The molecule has 2 nitrogen and oxygen atoms in total. The summed E-state index contributed by atoms with van der Waals surface area (Å²) in [6.45, 7) is 6.79. The molecular weight excluding hydrogens is 126 g/mol. The Kier molecular flexibility index (Phi) is 4.99. The monoisotopic (exact) mass is 143 g/mol. The van der Waals surface area contributed by atoms with Crippen molar-refractivity contribution < 1.29 is 4.74 Å². The molecular formula is C8H17NO. The second-order valence-corrected chi connectivity index (χ2v) is 2.57. The van der Waals surface area contributed by atoms with Crippen molar-refractivity contribution in [1.82, 2.24) is 0 Å². The first-order chi connectivity index (χ1) is 4.70. The molecule has 1 unspecified atom stereocenters. The molecule has 0 radical (unpaired) electrons. The van der Waals surface area contributed by atoms with Crippen LogP contribution in [0, 0.1) is 11.3 Å². The highest BCUT2D eigenvalue weighted by Gasteiger charge is 2.02. The summed E-state index contributed by atoms with van der Waals surface area (Å²) in [4.78, 5) is 0. The summed E-state index contributed by atoms with van der Waals surface area (Å²) in [6, 6.07) is 0. The van der Waals surface area contributed by atoms with Gasteiger partial charge in [-0.25, -0.2) is 0 Å². The molecule has 0 heterocycles. The SMILES string of the molecule is CCOC(=N)CC(C)CC. The van der Waals surface area contributed by atoms with Crippen LogP contribution in [0.1, 0.15) is 33.6 Å². The van der Waals surface area contributed by atoms with E-state index in [9.17, 15) is 0 Å². The van der Waals surface area contributed by atoms with Gasteiger partial charge in [0.1, 0.15) is 0 Å². The van der Waals surface area contributed by atoms with Crippen LogP contribution in [-0.2, 0) is 4.74 Å². The number of nitrogens with one attached hydrogen (secondary N) is 1. The molecule has 10 heavy (non-hydrogen) atoms. The third-order valence-corrected chi connectivity index (χ3v) is 1.55. The molecule has 60 valence electrons. The van der Waals surface area contributed by atoms with Crippen LogP contribution in [0.3, 0.4) is 0 Å². The van der Waals surface area contributed by atoms with Crippen LogP contribution < -0.4 is 0 Å². The van der Waals surface area contributed by atoms with E-state index in [0.29, 0.717) is 18.4 Å². The predicted octanol–water partition coefficient (Wildman–Crippen LogP) is 2.44. The van der Waals surface area contributed by atoms with E-state index in [1.165, 1.54) is 0 Å². The number of hydrogen-bond acceptors (Lipinski definition) is 2. The number of ether oxygens (including phenoxy) is 1. The molecule has 1 atom stereocenters. The Labute approximate surface area is 63.1 Å². The molecule has 0 aromatic carbocycles. The Morgan fingerprint density at radius 2 is 2.10 bits per heavy atom. The van der Waals surface area contributed by atoms with E-state index in [0.717, 1.165) is 12.8 Å². The Morgan fingerprint density at radius 3 is 2.50 bits per heavy atom. The summed E-state index contributed by atoms with van der Waals surface area (Å²) >= 11 is 0. The van der Waals surface area contributed by atoms with Crippen molar-refractivity contribution in [2.24, 2.45) is 5.92 Å². The van der Waals surface area contributed by atoms with E-state index in [1.54, 1.807) is 0 Å². The zero-order valence-electron chi connectivity index (χ0n) is 7.11. The predicted molar refractivity (Wildman–Crippen MR) is 43.4 cm³/mol. The van der Waals surface area contributed by atoms with Crippen LogP contribution in [0.2, 0.25) is 0 Å². The molecule has 0 saturated heterocycles. The summed E-state index contributed by atoms with van der Waals surface area (Å²) in [6.07, 6.45) is 1.90. The zero-order valence-corrected chi connectivity index (χ0v) is 7.11. The van der Waals surface area contributed by atoms with Gasteiger partial charge < -0.3 is 4.74 Å². The van der Waals surface area contributed by atoms with Crippen LogP contribution in [0.5, 0.6) is 0 Å². The topological polar surface area (TPSA) is 33.1 Å². The average molecular weight is 143 g/mol. The largest absolute Gasteiger partial charge is 0.481 e. The molecule has 2 heteroatoms. The summed E-state index contributed by atoms with van der Waals surface area (Å²) in [5, 5.41) is 7.30. The standard InChI is InChI=1S/C8H17NO/c1-4-7(3)6-8(9)10-5-2/h7,9H,4-6H2,1-3H3. The lowest BCUT2D eigenvalue weighted by molar-refractivity contribution is 0.305. The van der Waals surface area contributed by atoms with Crippen LogP contribution in [-0.4, -0.2) is 12.5 Å². The number of rotatable bonds is 4. The van der Waals surface area contributed by atoms with Crippen LogP contribution in [0.25, 0.3) is 0 Å². The highest BCUT2D eigenvalue weighted by molar-refractivity contribution is 5.72. The minimum Gasteiger partial charge on any atom is -0.481 e. The van der Waals surface area contributed by atoms with Gasteiger partial charge in [0.2, 0.25) is 0 Å². The van der Waals surface area contributed by atoms with Gasteiger partial charge in [0.15, 0.2) is 5.90 Å². The lowest BCUT2D eigenvalue weighted by Gasteiger charge is -2.08. The molecule has 0 saturated carbocycles. The van der Waals surface area contributed by atoms with Gasteiger partial charge in [-0.05, 0) is 12.8 Å². The molecule has 0 amide bonds. The van der Waals surface area contributed by atoms with E-state index in [2.05, 4.69) is 13.8 Å². The summed E-state index contributed by atoms with van der Waals surface area (Å²) in [5.41, 5.74) is 0. The van der Waals surface area contributed by atoms with Gasteiger partial charge in [-0.3, -0.25) is 5.41 Å². The fourth-order valence-electron chi connectivity index (χ4n) is 0.694. The van der Waals surface area contributed by atoms with E-state index < -0.39 is 0 Å². The summed E-state index contributed by atoms with van der Waals surface area (Å²) in [5.74, 6) is 1.01. The van der Waals surface area contributed by atoms with Crippen LogP contribution in [0.15, 0.2) is 0 Å². The summed E-state index contributed by atoms with van der Waals surface area (Å²) < 4.78 is 5.00. The molecule has 0 aliphatic heterocycles. The van der Waals surface area contributed by atoms with E-state index in [1.807, 2.05) is 6.92 Å². The van der Waals surface area contributed by atoms with E-state index in [-0.39, 0.29) is 0 Å². The van der Waals surface area contributed by atoms with Gasteiger partial charge in [0, 0.05) is 6.42 Å². The van der Waals surface area contributed by atoms with Gasteiger partial charge >= 0.3 is 0 Å². The maximum atomic E-state index is 7.30. The van der Waals surface area contributed by atoms with Gasteiger partial charge in [-0.1, -0.05) is 20.3 Å². The van der Waals surface area contributed by atoms with Crippen molar-refractivity contribution in [3.05, 3.63) is 0 Å². The maximum absolute atomic E-state index is 7.30. The smallest absolute Gasteiger partial charge is 0.180 e. The Balaban J connectivity index is 3.37. The third kappa shape index (κ3) is 4.36. The molecule has 0 spiro atoms. The van der Waals surface area contributed by atoms with Crippen molar-refractivity contribution in [1.29, 1.82) is 5.41 Å². The van der Waals surface area contributed by atoms with Crippen molar-refractivity contribution in [2.45, 2.75) is 33.6 Å². The van der Waals surface area contributed by atoms with Gasteiger partial charge in [0.05, 0.1) is 6.61 Å². The average Bonchev–Trinajstić information content (AvgIpc) is 1.88. The first-order valence-electron chi connectivity index (χ1n) is 3.90. The molecule has 0 aliphatic carbocycles. The molecule has 0 aromatic rings. The second kappa shape index (κ2) is 5.27. The number of hydrogen-bond donors (Lipinski definition) is 1. The van der Waals surface area contributed by atoms with E-state index >= 15 is 0 Å². The van der Waals surface area contributed by atoms with Crippen molar-refractivity contribution >= 4 is 5.90 Å². The van der Waals surface area contributed by atoms with Crippen molar-refractivity contribution in [3.8, 4) is 0 Å². The Bertz CT molecular complexity index is 101. The zero-order chi connectivity index (χ0) is 7.98. The van der Waals surface area contributed by atoms with Crippen molar-refractivity contribution in [3.63, 3.8) is 0 Å². The molecule has 0 rings (SSSR count). The van der Waals surface area contributed by atoms with Gasteiger partial charge in [-0.15, -0.1) is 0 Å². The first-order valence-corrected chi connectivity index (χ1v) is 3.90. The lowest BCUT2D eigenvalue weighted by atomic mass is 10.1. The summed E-state index contributed by atoms with van der Waals surface area (Å²) in [7, 11) is 0. The van der Waals surface area contributed by atoms with Crippen LogP contribution in [0.4, 0.5) is 0 Å². The maximum Gasteiger partial charge on any atom is 0.180 e. The molecule has 1 N–H and O–H groups in total. The van der Waals surface area contributed by atoms with Crippen molar-refractivity contribution in [2.75, 3.05) is 6.61 Å². The quantitative estimate of drug-likeness (QED) is 0.476. The third-order valence-electron chi connectivity index (χ3n) is 1.55. The fourth-order valence-corrected chi connectivity index (χ4v) is 0.694. The Morgan fingerprint density at radius 1 is 1.50 bits per heavy atom. The molecule has 0 fully saturated rings.